The molecule has 0 atom stereocenters. The van der Waals surface area contributed by atoms with Crippen molar-refractivity contribution in [3.63, 3.8) is 0 Å². The van der Waals surface area contributed by atoms with Crippen LogP contribution in [-0.2, 0) is 11.3 Å². The normalized spacial score (nSPS) is 16.7. The van der Waals surface area contributed by atoms with E-state index >= 15 is 0 Å². The van der Waals surface area contributed by atoms with E-state index in [4.69, 9.17) is 15.2 Å². The highest BCUT2D eigenvalue weighted by atomic mass is 16.5. The van der Waals surface area contributed by atoms with E-state index in [1.807, 2.05) is 24.3 Å². The van der Waals surface area contributed by atoms with Crippen LogP contribution >= 0.6 is 0 Å². The van der Waals surface area contributed by atoms with Crippen molar-refractivity contribution in [3.8, 4) is 5.75 Å². The van der Waals surface area contributed by atoms with E-state index in [2.05, 4.69) is 0 Å². The Bertz CT molecular complexity index is 348. The third kappa shape index (κ3) is 4.00. The first-order valence-electron chi connectivity index (χ1n) is 6.92. The molecule has 1 aromatic carbocycles. The highest BCUT2D eigenvalue weighted by Crippen LogP contribution is 2.20. The van der Waals surface area contributed by atoms with E-state index in [1.54, 1.807) is 0 Å². The Morgan fingerprint density at radius 3 is 2.61 bits per heavy atom. The van der Waals surface area contributed by atoms with Crippen LogP contribution in [0.1, 0.15) is 37.7 Å². The second kappa shape index (κ2) is 7.39. The first kappa shape index (κ1) is 13.4. The van der Waals surface area contributed by atoms with Gasteiger partial charge in [0.1, 0.15) is 12.4 Å². The molecule has 0 aliphatic heterocycles. The van der Waals surface area contributed by atoms with Gasteiger partial charge in [0.25, 0.3) is 0 Å². The smallest absolute Gasteiger partial charge is 0.123 e. The lowest BCUT2D eigenvalue weighted by Crippen LogP contribution is -2.20. The molecule has 0 aromatic heterocycles. The second-order valence-electron chi connectivity index (χ2n) is 4.79. The lowest BCUT2D eigenvalue weighted by molar-refractivity contribution is 0.0128. The van der Waals surface area contributed by atoms with Gasteiger partial charge in [-0.05, 0) is 18.9 Å². The van der Waals surface area contributed by atoms with Crippen molar-refractivity contribution in [1.82, 2.24) is 0 Å². The van der Waals surface area contributed by atoms with Crippen molar-refractivity contribution in [2.75, 3.05) is 13.2 Å². The standard InChI is InChI=1S/C15H23NO2/c16-12-13-6-4-5-9-15(13)18-11-10-17-14-7-2-1-3-8-14/h4-6,9,14H,1-3,7-8,10-12,16H2. The molecule has 1 aliphatic rings. The summed E-state index contributed by atoms with van der Waals surface area (Å²) in [4.78, 5) is 0. The maximum atomic E-state index is 5.82. The number of ether oxygens (including phenoxy) is 2. The Morgan fingerprint density at radius 2 is 1.83 bits per heavy atom. The molecule has 100 valence electrons. The molecule has 2 N–H and O–H groups in total. The highest BCUT2D eigenvalue weighted by Gasteiger charge is 2.13. The van der Waals surface area contributed by atoms with Crippen molar-refractivity contribution in [1.29, 1.82) is 0 Å². The van der Waals surface area contributed by atoms with Gasteiger partial charge in [-0.15, -0.1) is 0 Å². The van der Waals surface area contributed by atoms with Crippen LogP contribution in [0.4, 0.5) is 0 Å². The van der Waals surface area contributed by atoms with E-state index in [0.717, 1.165) is 11.3 Å². The molecular formula is C15H23NO2. The SMILES string of the molecule is NCc1ccccc1OCCOC1CCCCC1. The average molecular weight is 249 g/mol. The van der Waals surface area contributed by atoms with Crippen molar-refractivity contribution in [3.05, 3.63) is 29.8 Å². The number of hydrogen-bond acceptors (Lipinski definition) is 3. The van der Waals surface area contributed by atoms with Gasteiger partial charge >= 0.3 is 0 Å². The first-order valence-corrected chi connectivity index (χ1v) is 6.92. The van der Waals surface area contributed by atoms with E-state index in [9.17, 15) is 0 Å². The maximum absolute atomic E-state index is 5.82. The van der Waals surface area contributed by atoms with Gasteiger partial charge in [0, 0.05) is 12.1 Å². The molecule has 1 aliphatic carbocycles. The molecule has 18 heavy (non-hydrogen) atoms. The van der Waals surface area contributed by atoms with Gasteiger partial charge in [-0.3, -0.25) is 0 Å². The van der Waals surface area contributed by atoms with Gasteiger partial charge < -0.3 is 15.2 Å². The molecule has 0 heterocycles. The van der Waals surface area contributed by atoms with Gasteiger partial charge in [-0.25, -0.2) is 0 Å². The molecule has 0 amide bonds. The summed E-state index contributed by atoms with van der Waals surface area (Å²) in [5, 5.41) is 0. The second-order valence-corrected chi connectivity index (χ2v) is 4.79. The lowest BCUT2D eigenvalue weighted by atomic mass is 9.98. The molecule has 3 heteroatoms. The fraction of sp³-hybridized carbons (Fsp3) is 0.600. The molecule has 1 saturated carbocycles. The van der Waals surface area contributed by atoms with Crippen LogP contribution in [0.3, 0.4) is 0 Å². The summed E-state index contributed by atoms with van der Waals surface area (Å²) in [5.41, 5.74) is 6.71. The molecular weight excluding hydrogens is 226 g/mol. The number of benzene rings is 1. The van der Waals surface area contributed by atoms with E-state index < -0.39 is 0 Å². The summed E-state index contributed by atoms with van der Waals surface area (Å²) < 4.78 is 11.5. The van der Waals surface area contributed by atoms with Gasteiger partial charge in [0.15, 0.2) is 0 Å². The number of hydrogen-bond donors (Lipinski definition) is 1. The number of nitrogens with two attached hydrogens (primary N) is 1. The summed E-state index contributed by atoms with van der Waals surface area (Å²) in [5.74, 6) is 0.882. The molecule has 1 aromatic rings. The van der Waals surface area contributed by atoms with Gasteiger partial charge in [-0.1, -0.05) is 37.5 Å². The minimum atomic E-state index is 0.451. The third-order valence-corrected chi connectivity index (χ3v) is 3.44. The summed E-state index contributed by atoms with van der Waals surface area (Å²) in [7, 11) is 0. The Balaban J connectivity index is 1.68. The molecule has 2 rings (SSSR count). The summed E-state index contributed by atoms with van der Waals surface area (Å²) in [6, 6.07) is 7.91. The number of para-hydroxylation sites is 1. The van der Waals surface area contributed by atoms with E-state index in [-0.39, 0.29) is 0 Å². The maximum Gasteiger partial charge on any atom is 0.123 e. The Hall–Kier alpha value is -1.06. The van der Waals surface area contributed by atoms with E-state index in [1.165, 1.54) is 32.1 Å². The van der Waals surface area contributed by atoms with Crippen molar-refractivity contribution < 1.29 is 9.47 Å². The van der Waals surface area contributed by atoms with Crippen molar-refractivity contribution >= 4 is 0 Å². The molecule has 0 spiro atoms. The number of rotatable bonds is 6. The van der Waals surface area contributed by atoms with Gasteiger partial charge in [-0.2, -0.15) is 0 Å². The topological polar surface area (TPSA) is 44.5 Å². The zero-order valence-electron chi connectivity index (χ0n) is 10.9. The molecule has 3 nitrogen and oxygen atoms in total. The molecule has 0 bridgehead atoms. The Labute approximate surface area is 109 Å². The van der Waals surface area contributed by atoms with Gasteiger partial charge in [0.2, 0.25) is 0 Å². The predicted octanol–water partition coefficient (Wildman–Crippen LogP) is 2.87. The largest absolute Gasteiger partial charge is 0.491 e. The van der Waals surface area contributed by atoms with Crippen molar-refractivity contribution in [2.24, 2.45) is 5.73 Å². The lowest BCUT2D eigenvalue weighted by Gasteiger charge is -2.22. The third-order valence-electron chi connectivity index (χ3n) is 3.44. The van der Waals surface area contributed by atoms with Crippen LogP contribution in [0.15, 0.2) is 24.3 Å². The fourth-order valence-corrected chi connectivity index (χ4v) is 2.41. The van der Waals surface area contributed by atoms with Crippen LogP contribution in [-0.4, -0.2) is 19.3 Å². The van der Waals surface area contributed by atoms with E-state index in [0.29, 0.717) is 25.9 Å². The van der Waals surface area contributed by atoms with Crippen molar-refractivity contribution in [2.45, 2.75) is 44.8 Å². The molecule has 1 fully saturated rings. The minimum absolute atomic E-state index is 0.451. The molecule has 0 unspecified atom stereocenters. The summed E-state index contributed by atoms with van der Waals surface area (Å²) in [6.45, 7) is 1.79. The zero-order chi connectivity index (χ0) is 12.6. The summed E-state index contributed by atoms with van der Waals surface area (Å²) in [6.07, 6.45) is 6.84. The zero-order valence-corrected chi connectivity index (χ0v) is 10.9. The van der Waals surface area contributed by atoms with Gasteiger partial charge in [0.05, 0.1) is 12.7 Å². The monoisotopic (exact) mass is 249 g/mol. The molecule has 0 radical (unpaired) electrons. The fourth-order valence-electron chi connectivity index (χ4n) is 2.41. The average Bonchev–Trinajstić information content (AvgIpc) is 2.45. The van der Waals surface area contributed by atoms with Crippen LogP contribution in [0.5, 0.6) is 5.75 Å². The van der Waals surface area contributed by atoms with Crippen LogP contribution in [0.2, 0.25) is 0 Å². The molecule has 0 saturated heterocycles. The minimum Gasteiger partial charge on any atom is -0.491 e. The Kier molecular flexibility index (Phi) is 5.49. The van der Waals surface area contributed by atoms with Crippen LogP contribution in [0, 0.1) is 0 Å². The quantitative estimate of drug-likeness (QED) is 0.788. The van der Waals surface area contributed by atoms with Crippen LogP contribution < -0.4 is 10.5 Å². The summed E-state index contributed by atoms with van der Waals surface area (Å²) >= 11 is 0. The highest BCUT2D eigenvalue weighted by molar-refractivity contribution is 5.32. The van der Waals surface area contributed by atoms with Crippen LogP contribution in [0.25, 0.3) is 0 Å². The first-order chi connectivity index (χ1) is 8.90. The Morgan fingerprint density at radius 1 is 1.06 bits per heavy atom. The predicted molar refractivity (Wildman–Crippen MR) is 72.7 cm³/mol.